The Kier molecular flexibility index (Phi) is 4.35. The summed E-state index contributed by atoms with van der Waals surface area (Å²) in [5, 5.41) is 1.46. The standard InChI is InChI=1S/C15H14N4O2S2/c1-2-9-17-13-11(15(21)22-9)10(12(16)20)14(18-13)23-19-8-6-4-3-5-7-8/h3-7,18-19H,2H2,1H3,(H2,16,20). The Morgan fingerprint density at radius 3 is 2.78 bits per heavy atom. The van der Waals surface area contributed by atoms with E-state index in [1.807, 2.05) is 37.3 Å². The van der Waals surface area contributed by atoms with Gasteiger partial charge >= 0.3 is 0 Å². The van der Waals surface area contributed by atoms with E-state index in [2.05, 4.69) is 14.7 Å². The molecule has 0 bridgehead atoms. The lowest BCUT2D eigenvalue weighted by atomic mass is 10.2. The van der Waals surface area contributed by atoms with Gasteiger partial charge in [-0.15, -0.1) is 0 Å². The van der Waals surface area contributed by atoms with Crippen LogP contribution in [0.25, 0.3) is 11.0 Å². The average Bonchev–Trinajstić information content (AvgIpc) is 2.93. The number of primary amides is 1. The molecule has 0 atom stereocenters. The van der Waals surface area contributed by atoms with Gasteiger partial charge in [0.1, 0.15) is 10.7 Å². The van der Waals surface area contributed by atoms with Crippen molar-refractivity contribution in [2.24, 2.45) is 5.73 Å². The molecule has 0 unspecified atom stereocenters. The normalized spacial score (nSPS) is 10.8. The molecule has 4 N–H and O–H groups in total. The summed E-state index contributed by atoms with van der Waals surface area (Å²) in [6, 6.07) is 9.50. The van der Waals surface area contributed by atoms with E-state index in [9.17, 15) is 9.59 Å². The van der Waals surface area contributed by atoms with Crippen LogP contribution in [-0.4, -0.2) is 15.9 Å². The lowest BCUT2D eigenvalue weighted by molar-refractivity contribution is 0.0999. The zero-order chi connectivity index (χ0) is 16.4. The van der Waals surface area contributed by atoms with Crippen molar-refractivity contribution < 1.29 is 4.79 Å². The van der Waals surface area contributed by atoms with Gasteiger partial charge in [-0.3, -0.25) is 9.59 Å². The van der Waals surface area contributed by atoms with Gasteiger partial charge in [0.25, 0.3) is 5.91 Å². The SMILES string of the molecule is CCc1nc2[nH]c(SNc3ccccc3)c(C(N)=O)c2c(=O)s1. The first kappa shape index (κ1) is 15.6. The van der Waals surface area contributed by atoms with E-state index in [4.69, 9.17) is 5.73 Å². The molecule has 23 heavy (non-hydrogen) atoms. The summed E-state index contributed by atoms with van der Waals surface area (Å²) in [6.45, 7) is 1.93. The summed E-state index contributed by atoms with van der Waals surface area (Å²) in [6.07, 6.45) is 0.658. The van der Waals surface area contributed by atoms with Gasteiger partial charge in [0.15, 0.2) is 0 Å². The van der Waals surface area contributed by atoms with E-state index >= 15 is 0 Å². The summed E-state index contributed by atoms with van der Waals surface area (Å²) in [5.41, 5.74) is 6.93. The molecule has 0 spiro atoms. The molecule has 0 aliphatic carbocycles. The number of H-pyrrole nitrogens is 1. The van der Waals surface area contributed by atoms with Gasteiger partial charge in [-0.2, -0.15) is 0 Å². The van der Waals surface area contributed by atoms with E-state index < -0.39 is 5.91 Å². The second-order valence-electron chi connectivity index (χ2n) is 4.74. The van der Waals surface area contributed by atoms with E-state index in [-0.39, 0.29) is 15.7 Å². The van der Waals surface area contributed by atoms with Gasteiger partial charge in [0.2, 0.25) is 4.74 Å². The fourth-order valence-corrected chi connectivity index (χ4v) is 3.74. The zero-order valence-electron chi connectivity index (χ0n) is 12.3. The molecule has 6 nitrogen and oxygen atoms in total. The van der Waals surface area contributed by atoms with Crippen molar-refractivity contribution >= 4 is 45.9 Å². The monoisotopic (exact) mass is 346 g/mol. The van der Waals surface area contributed by atoms with Crippen LogP contribution in [0.15, 0.2) is 40.2 Å². The van der Waals surface area contributed by atoms with Crippen molar-refractivity contribution in [3.63, 3.8) is 0 Å². The van der Waals surface area contributed by atoms with E-state index in [0.717, 1.165) is 17.0 Å². The summed E-state index contributed by atoms with van der Waals surface area (Å²) in [4.78, 5) is 31.5. The lowest BCUT2D eigenvalue weighted by Crippen LogP contribution is -2.14. The first-order valence-corrected chi connectivity index (χ1v) is 8.56. The molecule has 0 radical (unpaired) electrons. The quantitative estimate of drug-likeness (QED) is 0.617. The second kappa shape index (κ2) is 6.43. The minimum Gasteiger partial charge on any atom is -0.365 e. The van der Waals surface area contributed by atoms with Crippen molar-refractivity contribution in [3.05, 3.63) is 50.4 Å². The number of fused-ring (bicyclic) bond motifs is 1. The highest BCUT2D eigenvalue weighted by Crippen LogP contribution is 2.28. The van der Waals surface area contributed by atoms with Crippen LogP contribution >= 0.6 is 23.3 Å². The third-order valence-corrected chi connectivity index (χ3v) is 5.04. The number of nitrogens with one attached hydrogen (secondary N) is 2. The maximum atomic E-state index is 12.3. The number of hydrogen-bond donors (Lipinski definition) is 3. The number of aromatic nitrogens is 2. The molecule has 1 amide bonds. The van der Waals surface area contributed by atoms with Crippen LogP contribution in [0.3, 0.4) is 0 Å². The Morgan fingerprint density at radius 2 is 2.13 bits per heavy atom. The molecule has 0 saturated heterocycles. The number of rotatable bonds is 5. The van der Waals surface area contributed by atoms with Crippen molar-refractivity contribution in [1.29, 1.82) is 0 Å². The van der Waals surface area contributed by atoms with Gasteiger partial charge in [-0.05, 0) is 18.6 Å². The fourth-order valence-electron chi connectivity index (χ4n) is 2.13. The molecule has 0 fully saturated rings. The van der Waals surface area contributed by atoms with Crippen LogP contribution in [0.1, 0.15) is 22.3 Å². The Balaban J connectivity index is 2.05. The van der Waals surface area contributed by atoms with Gasteiger partial charge in [-0.1, -0.05) is 36.5 Å². The topological polar surface area (TPSA) is 101 Å². The fraction of sp³-hybridized carbons (Fsp3) is 0.133. The van der Waals surface area contributed by atoms with Crippen LogP contribution in [-0.2, 0) is 6.42 Å². The van der Waals surface area contributed by atoms with Gasteiger partial charge in [0.05, 0.1) is 16.0 Å². The van der Waals surface area contributed by atoms with Crippen molar-refractivity contribution in [2.75, 3.05) is 4.72 Å². The number of benzene rings is 1. The minimum atomic E-state index is -0.649. The molecular formula is C15H14N4O2S2. The number of carbonyl (C=O) groups is 1. The number of aromatic amines is 1. The number of nitrogens with two attached hydrogens (primary N) is 1. The Morgan fingerprint density at radius 1 is 1.39 bits per heavy atom. The van der Waals surface area contributed by atoms with Crippen molar-refractivity contribution in [3.8, 4) is 0 Å². The highest BCUT2D eigenvalue weighted by molar-refractivity contribution is 8.00. The first-order chi connectivity index (χ1) is 11.1. The largest absolute Gasteiger partial charge is 0.365 e. The van der Waals surface area contributed by atoms with E-state index in [1.54, 1.807) is 0 Å². The smallest absolute Gasteiger partial charge is 0.252 e. The number of para-hydroxylation sites is 1. The molecule has 0 saturated carbocycles. The first-order valence-electron chi connectivity index (χ1n) is 6.93. The van der Waals surface area contributed by atoms with Crippen LogP contribution in [0.5, 0.6) is 0 Å². The van der Waals surface area contributed by atoms with Crippen LogP contribution in [0.4, 0.5) is 5.69 Å². The Labute approximate surface area is 140 Å². The lowest BCUT2D eigenvalue weighted by Gasteiger charge is -2.04. The van der Waals surface area contributed by atoms with E-state index in [0.29, 0.717) is 22.1 Å². The molecule has 3 rings (SSSR count). The third-order valence-electron chi connectivity index (χ3n) is 3.19. The molecule has 0 aliphatic heterocycles. The van der Waals surface area contributed by atoms with E-state index in [1.165, 1.54) is 11.9 Å². The molecule has 2 heterocycles. The zero-order valence-corrected chi connectivity index (χ0v) is 13.9. The maximum Gasteiger partial charge on any atom is 0.252 e. The average molecular weight is 346 g/mol. The van der Waals surface area contributed by atoms with Gasteiger partial charge < -0.3 is 15.4 Å². The maximum absolute atomic E-state index is 12.3. The minimum absolute atomic E-state index is 0.185. The van der Waals surface area contributed by atoms with Crippen LogP contribution < -0.4 is 15.2 Å². The van der Waals surface area contributed by atoms with Crippen molar-refractivity contribution in [2.45, 2.75) is 18.4 Å². The number of carbonyl (C=O) groups excluding carboxylic acids is 1. The predicted octanol–water partition coefficient (Wildman–Crippen LogP) is 2.77. The highest BCUT2D eigenvalue weighted by atomic mass is 32.2. The molecule has 8 heteroatoms. The predicted molar refractivity (Wildman–Crippen MR) is 94.1 cm³/mol. The molecule has 1 aromatic carbocycles. The molecule has 118 valence electrons. The third kappa shape index (κ3) is 3.08. The molecule has 2 aromatic heterocycles. The molecular weight excluding hydrogens is 332 g/mol. The number of amides is 1. The Bertz CT molecular complexity index is 918. The van der Waals surface area contributed by atoms with Crippen LogP contribution in [0, 0.1) is 0 Å². The number of aryl methyl sites for hydroxylation is 1. The molecule has 3 aromatic rings. The number of anilines is 1. The summed E-state index contributed by atoms with van der Waals surface area (Å²) >= 11 is 2.24. The van der Waals surface area contributed by atoms with Crippen molar-refractivity contribution in [1.82, 2.24) is 9.97 Å². The summed E-state index contributed by atoms with van der Waals surface area (Å²) < 4.78 is 2.91. The summed E-state index contributed by atoms with van der Waals surface area (Å²) in [5.74, 6) is -0.649. The highest BCUT2D eigenvalue weighted by Gasteiger charge is 2.21. The number of hydrogen-bond acceptors (Lipinski definition) is 6. The van der Waals surface area contributed by atoms with Gasteiger partial charge in [0, 0.05) is 17.6 Å². The van der Waals surface area contributed by atoms with Gasteiger partial charge in [-0.25, -0.2) is 4.98 Å². The summed E-state index contributed by atoms with van der Waals surface area (Å²) in [7, 11) is 0. The second-order valence-corrected chi connectivity index (χ2v) is 6.60. The molecule has 0 aliphatic rings. The van der Waals surface area contributed by atoms with Crippen LogP contribution in [0.2, 0.25) is 0 Å². The number of nitrogens with zero attached hydrogens (tertiary/aromatic N) is 1. The Hall–Kier alpha value is -2.32.